The largest absolute Gasteiger partial charge is 0.438 e. The van der Waals surface area contributed by atoms with Crippen molar-refractivity contribution in [1.82, 2.24) is 10.3 Å². The summed E-state index contributed by atoms with van der Waals surface area (Å²) in [6.07, 6.45) is 1.76. The molecule has 0 spiro atoms. The van der Waals surface area contributed by atoms with Crippen LogP contribution < -0.4 is 10.1 Å². The second-order valence-corrected chi connectivity index (χ2v) is 5.33. The van der Waals surface area contributed by atoms with E-state index in [2.05, 4.69) is 33.2 Å². The Morgan fingerprint density at radius 1 is 1.26 bits per heavy atom. The number of aryl methyl sites for hydroxylation is 1. The fourth-order valence-corrected chi connectivity index (χ4v) is 2.29. The van der Waals surface area contributed by atoms with Gasteiger partial charge in [0.1, 0.15) is 5.75 Å². The lowest BCUT2D eigenvalue weighted by molar-refractivity contribution is 0.458. The molecular formula is C15H17BrN2O. The van der Waals surface area contributed by atoms with E-state index in [1.54, 1.807) is 6.20 Å². The fourth-order valence-electron chi connectivity index (χ4n) is 1.72. The second-order valence-electron chi connectivity index (χ2n) is 4.47. The number of pyridine rings is 1. The maximum Gasteiger partial charge on any atom is 0.219 e. The van der Waals surface area contributed by atoms with Gasteiger partial charge in [0.2, 0.25) is 5.88 Å². The lowest BCUT2D eigenvalue weighted by Crippen LogP contribution is -2.12. The summed E-state index contributed by atoms with van der Waals surface area (Å²) in [4.78, 5) is 4.24. The van der Waals surface area contributed by atoms with E-state index in [9.17, 15) is 0 Å². The number of nitrogens with one attached hydrogen (secondary N) is 1. The van der Waals surface area contributed by atoms with Gasteiger partial charge in [0.25, 0.3) is 0 Å². The highest BCUT2D eigenvalue weighted by Crippen LogP contribution is 2.30. The molecule has 2 rings (SSSR count). The Balaban J connectivity index is 2.23. The number of hydrogen-bond acceptors (Lipinski definition) is 3. The third-order valence-electron chi connectivity index (χ3n) is 2.99. The van der Waals surface area contributed by atoms with E-state index in [0.29, 0.717) is 5.88 Å². The average Bonchev–Trinajstić information content (AvgIpc) is 2.41. The zero-order valence-corrected chi connectivity index (χ0v) is 12.9. The fraction of sp³-hybridized carbons (Fsp3) is 0.267. The van der Waals surface area contributed by atoms with Gasteiger partial charge in [-0.2, -0.15) is 0 Å². The van der Waals surface area contributed by atoms with Gasteiger partial charge in [-0.15, -0.1) is 0 Å². The van der Waals surface area contributed by atoms with Crippen LogP contribution in [0.4, 0.5) is 0 Å². The van der Waals surface area contributed by atoms with Crippen LogP contribution in [0.1, 0.15) is 24.1 Å². The van der Waals surface area contributed by atoms with Gasteiger partial charge in [-0.3, -0.25) is 0 Å². The van der Waals surface area contributed by atoms with Crippen LogP contribution in [0.15, 0.2) is 41.0 Å². The summed E-state index contributed by atoms with van der Waals surface area (Å²) in [6, 6.07) is 10.2. The summed E-state index contributed by atoms with van der Waals surface area (Å²) in [5, 5.41) is 3.20. The molecular weight excluding hydrogens is 304 g/mol. The molecule has 1 N–H and O–H groups in total. The summed E-state index contributed by atoms with van der Waals surface area (Å²) < 4.78 is 6.75. The molecule has 0 radical (unpaired) electrons. The molecule has 0 aliphatic heterocycles. The minimum absolute atomic E-state index is 0.270. The van der Waals surface area contributed by atoms with Crippen molar-refractivity contribution in [1.29, 1.82) is 0 Å². The quantitative estimate of drug-likeness (QED) is 0.915. The molecule has 0 bridgehead atoms. The van der Waals surface area contributed by atoms with Crippen molar-refractivity contribution < 1.29 is 4.74 Å². The molecule has 19 heavy (non-hydrogen) atoms. The van der Waals surface area contributed by atoms with Gasteiger partial charge in [0, 0.05) is 18.3 Å². The van der Waals surface area contributed by atoms with E-state index in [4.69, 9.17) is 4.74 Å². The molecule has 0 aliphatic rings. The number of rotatable bonds is 4. The maximum atomic E-state index is 5.81. The molecule has 0 aliphatic carbocycles. The maximum absolute atomic E-state index is 5.81. The van der Waals surface area contributed by atoms with Gasteiger partial charge in [-0.25, -0.2) is 4.98 Å². The van der Waals surface area contributed by atoms with Gasteiger partial charge in [-0.05, 0) is 66.2 Å². The SMILES string of the molecule is CNC(C)c1ccnc(Oc2ccc(C)cc2Br)c1. The van der Waals surface area contributed by atoms with Crippen molar-refractivity contribution in [2.45, 2.75) is 19.9 Å². The first-order valence-electron chi connectivity index (χ1n) is 6.17. The van der Waals surface area contributed by atoms with Crippen LogP contribution in [0.3, 0.4) is 0 Å². The first-order valence-corrected chi connectivity index (χ1v) is 6.96. The zero-order valence-electron chi connectivity index (χ0n) is 11.3. The number of halogens is 1. The zero-order chi connectivity index (χ0) is 13.8. The third-order valence-corrected chi connectivity index (χ3v) is 3.61. The number of benzene rings is 1. The Morgan fingerprint density at radius 2 is 2.05 bits per heavy atom. The predicted molar refractivity (Wildman–Crippen MR) is 80.7 cm³/mol. The van der Waals surface area contributed by atoms with Crippen LogP contribution in [0.2, 0.25) is 0 Å². The van der Waals surface area contributed by atoms with E-state index in [-0.39, 0.29) is 6.04 Å². The number of nitrogens with zero attached hydrogens (tertiary/aromatic N) is 1. The van der Waals surface area contributed by atoms with Crippen LogP contribution >= 0.6 is 15.9 Å². The van der Waals surface area contributed by atoms with E-state index >= 15 is 0 Å². The molecule has 1 atom stereocenters. The van der Waals surface area contributed by atoms with Crippen molar-refractivity contribution in [2.75, 3.05) is 7.05 Å². The van der Waals surface area contributed by atoms with Crippen molar-refractivity contribution >= 4 is 15.9 Å². The molecule has 100 valence electrons. The van der Waals surface area contributed by atoms with Crippen LogP contribution in [-0.2, 0) is 0 Å². The molecule has 2 aromatic rings. The van der Waals surface area contributed by atoms with E-state index in [1.165, 1.54) is 5.56 Å². The number of hydrogen-bond donors (Lipinski definition) is 1. The molecule has 1 aromatic carbocycles. The average molecular weight is 321 g/mol. The van der Waals surface area contributed by atoms with Crippen molar-refractivity contribution in [3.8, 4) is 11.6 Å². The Hall–Kier alpha value is -1.39. The highest BCUT2D eigenvalue weighted by molar-refractivity contribution is 9.10. The van der Waals surface area contributed by atoms with E-state index in [0.717, 1.165) is 15.8 Å². The topological polar surface area (TPSA) is 34.2 Å². The van der Waals surface area contributed by atoms with Gasteiger partial charge < -0.3 is 10.1 Å². The van der Waals surface area contributed by atoms with Crippen LogP contribution in [0.25, 0.3) is 0 Å². The number of aromatic nitrogens is 1. The Bertz CT molecular complexity index is 572. The second kappa shape index (κ2) is 6.17. The van der Waals surface area contributed by atoms with Gasteiger partial charge in [0.15, 0.2) is 0 Å². The van der Waals surface area contributed by atoms with Gasteiger partial charge in [0.05, 0.1) is 4.47 Å². The summed E-state index contributed by atoms with van der Waals surface area (Å²) in [7, 11) is 1.93. The molecule has 4 heteroatoms. The standard InChI is InChI=1S/C15H17BrN2O/c1-10-4-5-14(13(16)8-10)19-15-9-12(6-7-18-15)11(2)17-3/h4-9,11,17H,1-3H3. The Morgan fingerprint density at radius 3 is 2.74 bits per heavy atom. The van der Waals surface area contributed by atoms with E-state index < -0.39 is 0 Å². The van der Waals surface area contributed by atoms with Gasteiger partial charge in [-0.1, -0.05) is 6.07 Å². The van der Waals surface area contributed by atoms with Crippen molar-refractivity contribution in [3.63, 3.8) is 0 Å². The first-order chi connectivity index (χ1) is 9.10. The minimum Gasteiger partial charge on any atom is -0.438 e. The first kappa shape index (κ1) is 14.0. The molecule has 0 amide bonds. The normalized spacial score (nSPS) is 12.2. The van der Waals surface area contributed by atoms with Gasteiger partial charge >= 0.3 is 0 Å². The van der Waals surface area contributed by atoms with Crippen LogP contribution in [-0.4, -0.2) is 12.0 Å². The number of ether oxygens (including phenoxy) is 1. The lowest BCUT2D eigenvalue weighted by atomic mass is 10.1. The summed E-state index contributed by atoms with van der Waals surface area (Å²) in [5.41, 5.74) is 2.33. The lowest BCUT2D eigenvalue weighted by Gasteiger charge is -2.12. The Kier molecular flexibility index (Phi) is 4.56. The van der Waals surface area contributed by atoms with Crippen molar-refractivity contribution in [2.24, 2.45) is 0 Å². The molecule has 0 fully saturated rings. The van der Waals surface area contributed by atoms with Crippen molar-refractivity contribution in [3.05, 3.63) is 52.1 Å². The van der Waals surface area contributed by atoms with Crippen LogP contribution in [0, 0.1) is 6.92 Å². The highest BCUT2D eigenvalue weighted by Gasteiger charge is 2.07. The minimum atomic E-state index is 0.270. The highest BCUT2D eigenvalue weighted by atomic mass is 79.9. The monoisotopic (exact) mass is 320 g/mol. The van der Waals surface area contributed by atoms with E-state index in [1.807, 2.05) is 44.3 Å². The smallest absolute Gasteiger partial charge is 0.219 e. The predicted octanol–water partition coefficient (Wildman–Crippen LogP) is 4.23. The van der Waals surface area contributed by atoms with Crippen LogP contribution in [0.5, 0.6) is 11.6 Å². The molecule has 1 heterocycles. The Labute approximate surface area is 122 Å². The molecule has 0 saturated carbocycles. The summed E-state index contributed by atoms with van der Waals surface area (Å²) in [5.74, 6) is 1.37. The third kappa shape index (κ3) is 3.55. The molecule has 1 unspecified atom stereocenters. The summed E-state index contributed by atoms with van der Waals surface area (Å²) >= 11 is 3.50. The molecule has 1 aromatic heterocycles. The molecule has 0 saturated heterocycles. The summed E-state index contributed by atoms with van der Waals surface area (Å²) in [6.45, 7) is 4.14. The molecule has 3 nitrogen and oxygen atoms in total.